The standard InChI is InChI=1S/C24H28N2O4/c1-16-6-8-18(9-7-16)22(27)20-21(17-10-12-19(13-11-17)25(2)3)26(14-5-15-30-4)24(29)23(20)28/h6-13,21,27H,5,14-15H2,1-4H3. The Bertz CT molecular complexity index is 946. The Kier molecular flexibility index (Phi) is 6.57. The highest BCUT2D eigenvalue weighted by atomic mass is 16.5. The van der Waals surface area contributed by atoms with Crippen LogP contribution in [0.15, 0.2) is 54.1 Å². The number of nitrogens with zero attached hydrogens (tertiary/aromatic N) is 2. The number of rotatable bonds is 7. The summed E-state index contributed by atoms with van der Waals surface area (Å²) in [5.74, 6) is -1.40. The van der Waals surface area contributed by atoms with Crippen molar-refractivity contribution in [1.82, 2.24) is 4.90 Å². The van der Waals surface area contributed by atoms with E-state index in [9.17, 15) is 14.7 Å². The van der Waals surface area contributed by atoms with Gasteiger partial charge in [-0.1, -0.05) is 42.0 Å². The lowest BCUT2D eigenvalue weighted by Gasteiger charge is -2.26. The number of ketones is 1. The molecule has 0 aromatic heterocycles. The highest BCUT2D eigenvalue weighted by Crippen LogP contribution is 2.39. The van der Waals surface area contributed by atoms with Gasteiger partial charge in [0, 0.05) is 45.6 Å². The molecule has 6 heteroatoms. The first-order valence-electron chi connectivity index (χ1n) is 9.96. The predicted molar refractivity (Wildman–Crippen MR) is 117 cm³/mol. The van der Waals surface area contributed by atoms with Crippen LogP contribution in [0.4, 0.5) is 5.69 Å². The fraction of sp³-hybridized carbons (Fsp3) is 0.333. The molecule has 1 atom stereocenters. The fourth-order valence-corrected chi connectivity index (χ4v) is 3.66. The van der Waals surface area contributed by atoms with E-state index in [0.717, 1.165) is 16.8 Å². The zero-order valence-electron chi connectivity index (χ0n) is 17.9. The predicted octanol–water partition coefficient (Wildman–Crippen LogP) is 3.52. The fourth-order valence-electron chi connectivity index (χ4n) is 3.66. The van der Waals surface area contributed by atoms with Crippen molar-refractivity contribution in [3.8, 4) is 0 Å². The SMILES string of the molecule is COCCCN1C(=O)C(=O)C(=C(O)c2ccc(C)cc2)C1c1ccc(N(C)C)cc1. The molecule has 0 bridgehead atoms. The number of benzene rings is 2. The van der Waals surface area contributed by atoms with Crippen LogP contribution in [-0.2, 0) is 14.3 Å². The minimum atomic E-state index is -0.660. The third-order valence-corrected chi connectivity index (χ3v) is 5.34. The molecule has 6 nitrogen and oxygen atoms in total. The molecule has 1 amide bonds. The smallest absolute Gasteiger partial charge is 0.295 e. The molecule has 2 aromatic rings. The van der Waals surface area contributed by atoms with Gasteiger partial charge in [0.2, 0.25) is 0 Å². The van der Waals surface area contributed by atoms with Gasteiger partial charge in [-0.25, -0.2) is 0 Å². The van der Waals surface area contributed by atoms with Gasteiger partial charge < -0.3 is 19.6 Å². The summed E-state index contributed by atoms with van der Waals surface area (Å²) in [6.07, 6.45) is 0.598. The molecule has 2 aromatic carbocycles. The molecule has 1 fully saturated rings. The van der Waals surface area contributed by atoms with Crippen LogP contribution in [0.1, 0.15) is 29.2 Å². The van der Waals surface area contributed by atoms with Gasteiger partial charge in [-0.05, 0) is 31.0 Å². The van der Waals surface area contributed by atoms with E-state index in [-0.39, 0.29) is 11.3 Å². The number of methoxy groups -OCH3 is 1. The number of ether oxygens (including phenoxy) is 1. The van der Waals surface area contributed by atoms with Crippen LogP contribution in [0.2, 0.25) is 0 Å². The van der Waals surface area contributed by atoms with Gasteiger partial charge in [-0.3, -0.25) is 9.59 Å². The number of anilines is 1. The first-order chi connectivity index (χ1) is 14.3. The molecule has 1 N–H and O–H groups in total. The van der Waals surface area contributed by atoms with E-state index in [4.69, 9.17) is 4.74 Å². The van der Waals surface area contributed by atoms with E-state index >= 15 is 0 Å². The topological polar surface area (TPSA) is 70.1 Å². The zero-order valence-corrected chi connectivity index (χ0v) is 17.9. The highest BCUT2D eigenvalue weighted by molar-refractivity contribution is 6.46. The van der Waals surface area contributed by atoms with Crippen LogP contribution >= 0.6 is 0 Å². The number of Topliss-reactive ketones (excluding diaryl/α,β-unsaturated/α-hetero) is 1. The monoisotopic (exact) mass is 408 g/mol. The molecule has 1 unspecified atom stereocenters. The molecule has 30 heavy (non-hydrogen) atoms. The van der Waals surface area contributed by atoms with Crippen molar-refractivity contribution in [1.29, 1.82) is 0 Å². The minimum absolute atomic E-state index is 0.124. The molecule has 0 spiro atoms. The second kappa shape index (κ2) is 9.13. The minimum Gasteiger partial charge on any atom is -0.507 e. The summed E-state index contributed by atoms with van der Waals surface area (Å²) in [5, 5.41) is 11.0. The number of aliphatic hydroxyl groups is 1. The number of likely N-dealkylation sites (tertiary alicyclic amines) is 1. The summed E-state index contributed by atoms with van der Waals surface area (Å²) < 4.78 is 5.11. The van der Waals surface area contributed by atoms with E-state index in [1.54, 1.807) is 19.2 Å². The molecule has 1 aliphatic rings. The molecule has 0 saturated carbocycles. The largest absolute Gasteiger partial charge is 0.507 e. The second-order valence-electron chi connectivity index (χ2n) is 7.69. The van der Waals surface area contributed by atoms with Crippen molar-refractivity contribution in [2.75, 3.05) is 39.3 Å². The number of amides is 1. The van der Waals surface area contributed by atoms with Crippen LogP contribution in [-0.4, -0.2) is 56.1 Å². The van der Waals surface area contributed by atoms with Crippen molar-refractivity contribution in [2.45, 2.75) is 19.4 Å². The third kappa shape index (κ3) is 4.24. The Morgan fingerprint density at radius 2 is 1.70 bits per heavy atom. The van der Waals surface area contributed by atoms with Crippen molar-refractivity contribution in [2.24, 2.45) is 0 Å². The van der Waals surface area contributed by atoms with Crippen LogP contribution in [0.3, 0.4) is 0 Å². The quantitative estimate of drug-likeness (QED) is 0.329. The summed E-state index contributed by atoms with van der Waals surface area (Å²) >= 11 is 0. The Morgan fingerprint density at radius 1 is 1.07 bits per heavy atom. The maximum Gasteiger partial charge on any atom is 0.295 e. The third-order valence-electron chi connectivity index (χ3n) is 5.34. The van der Waals surface area contributed by atoms with Gasteiger partial charge in [-0.15, -0.1) is 0 Å². The van der Waals surface area contributed by atoms with Crippen molar-refractivity contribution >= 4 is 23.1 Å². The second-order valence-corrected chi connectivity index (χ2v) is 7.69. The first kappa shape index (κ1) is 21.6. The van der Waals surface area contributed by atoms with E-state index in [1.165, 1.54) is 4.90 Å². The van der Waals surface area contributed by atoms with E-state index in [0.29, 0.717) is 25.1 Å². The lowest BCUT2D eigenvalue weighted by Crippen LogP contribution is -2.31. The van der Waals surface area contributed by atoms with Crippen LogP contribution in [0.5, 0.6) is 0 Å². The zero-order chi connectivity index (χ0) is 21.8. The van der Waals surface area contributed by atoms with Gasteiger partial charge in [0.05, 0.1) is 11.6 Å². The Balaban J connectivity index is 2.10. The Hall–Kier alpha value is -3.12. The number of aliphatic hydroxyl groups excluding tert-OH is 1. The number of hydrogen-bond donors (Lipinski definition) is 1. The maximum atomic E-state index is 12.9. The summed E-state index contributed by atoms with van der Waals surface area (Å²) in [7, 11) is 5.50. The molecule has 0 radical (unpaired) electrons. The van der Waals surface area contributed by atoms with Crippen LogP contribution in [0, 0.1) is 6.92 Å². The molecule has 1 heterocycles. The molecular weight excluding hydrogens is 380 g/mol. The maximum absolute atomic E-state index is 12.9. The number of carbonyl (C=O) groups is 2. The number of aryl methyl sites for hydroxylation is 1. The molecule has 1 aliphatic heterocycles. The molecule has 3 rings (SSSR count). The lowest BCUT2D eigenvalue weighted by molar-refractivity contribution is -0.140. The normalized spacial score (nSPS) is 18.1. The van der Waals surface area contributed by atoms with Crippen LogP contribution < -0.4 is 4.90 Å². The Morgan fingerprint density at radius 3 is 2.27 bits per heavy atom. The summed E-state index contributed by atoms with van der Waals surface area (Å²) in [6.45, 7) is 2.79. The van der Waals surface area contributed by atoms with Gasteiger partial charge in [0.1, 0.15) is 5.76 Å². The number of hydrogen-bond acceptors (Lipinski definition) is 5. The van der Waals surface area contributed by atoms with Crippen molar-refractivity contribution in [3.05, 3.63) is 70.8 Å². The number of carbonyl (C=O) groups excluding carboxylic acids is 2. The van der Waals surface area contributed by atoms with Gasteiger partial charge in [-0.2, -0.15) is 0 Å². The average Bonchev–Trinajstić information content (AvgIpc) is 2.99. The van der Waals surface area contributed by atoms with Gasteiger partial charge in [0.15, 0.2) is 0 Å². The Labute approximate surface area is 177 Å². The van der Waals surface area contributed by atoms with E-state index < -0.39 is 17.7 Å². The van der Waals surface area contributed by atoms with Crippen molar-refractivity contribution in [3.63, 3.8) is 0 Å². The molecular formula is C24H28N2O4. The first-order valence-corrected chi connectivity index (χ1v) is 9.96. The molecule has 1 saturated heterocycles. The molecule has 158 valence electrons. The van der Waals surface area contributed by atoms with Crippen molar-refractivity contribution < 1.29 is 19.4 Å². The highest BCUT2D eigenvalue weighted by Gasteiger charge is 2.45. The van der Waals surface area contributed by atoms with Gasteiger partial charge >= 0.3 is 0 Å². The lowest BCUT2D eigenvalue weighted by atomic mass is 9.95. The van der Waals surface area contributed by atoms with E-state index in [2.05, 4.69) is 0 Å². The summed E-state index contributed by atoms with van der Waals surface area (Å²) in [6, 6.07) is 14.3. The van der Waals surface area contributed by atoms with Crippen LogP contribution in [0.25, 0.3) is 5.76 Å². The van der Waals surface area contributed by atoms with E-state index in [1.807, 2.05) is 62.3 Å². The molecule has 0 aliphatic carbocycles. The summed E-state index contributed by atoms with van der Waals surface area (Å²) in [4.78, 5) is 29.3. The summed E-state index contributed by atoms with van der Waals surface area (Å²) in [5.41, 5.74) is 3.48. The average molecular weight is 408 g/mol. The van der Waals surface area contributed by atoms with Gasteiger partial charge in [0.25, 0.3) is 11.7 Å².